The van der Waals surface area contributed by atoms with Gasteiger partial charge in [0.15, 0.2) is 11.6 Å². The Balaban J connectivity index is 1.46. The predicted molar refractivity (Wildman–Crippen MR) is 143 cm³/mol. The molecule has 2 unspecified atom stereocenters. The van der Waals surface area contributed by atoms with Crippen LogP contribution >= 0.6 is 23.4 Å². The number of benzene rings is 2. The summed E-state index contributed by atoms with van der Waals surface area (Å²) in [6.45, 7) is 2.10. The Labute approximate surface area is 221 Å². The number of nitrogen functional groups attached to an aromatic ring is 1. The monoisotopic (exact) mass is 525 g/mol. The van der Waals surface area contributed by atoms with Gasteiger partial charge in [-0.05, 0) is 68.6 Å². The third-order valence-corrected chi connectivity index (χ3v) is 9.47. The first-order chi connectivity index (χ1) is 17.4. The highest BCUT2D eigenvalue weighted by Gasteiger charge is 2.38. The van der Waals surface area contributed by atoms with E-state index in [4.69, 9.17) is 22.1 Å². The standard InChI is InChI=1S/C29H32ClNO4S/c1-2-3-12-36-23-15-22(29(34)35-19-11-9-16-13-18(30)10-8-17(16)14-19)26(31)25-24(23)27(32)20-6-4-5-7-21(20)28(25)33/h4-7,15-19H,2-3,8-14,31H2,1H3/t16-,17?,18?,19-/m1/s1. The number of ketones is 2. The number of fused-ring (bicyclic) bond motifs is 3. The quantitative estimate of drug-likeness (QED) is 0.127. The second kappa shape index (κ2) is 10.6. The highest BCUT2D eigenvalue weighted by molar-refractivity contribution is 7.99. The van der Waals surface area contributed by atoms with E-state index in [0.29, 0.717) is 33.4 Å². The van der Waals surface area contributed by atoms with E-state index in [1.54, 1.807) is 30.3 Å². The molecule has 2 aromatic rings. The van der Waals surface area contributed by atoms with Gasteiger partial charge < -0.3 is 10.5 Å². The average molecular weight is 526 g/mol. The highest BCUT2D eigenvalue weighted by Crippen LogP contribution is 2.44. The molecule has 2 saturated carbocycles. The highest BCUT2D eigenvalue weighted by atomic mass is 35.5. The molecule has 0 amide bonds. The molecule has 190 valence electrons. The molecule has 0 aliphatic heterocycles. The summed E-state index contributed by atoms with van der Waals surface area (Å²) < 4.78 is 5.98. The SMILES string of the molecule is CCCCSc1cc(C(=O)O[C@@H]2CC[C@@H]3CC(Cl)CCC3C2)c(N)c2c1C(=O)c1ccccc1C2=O. The zero-order valence-corrected chi connectivity index (χ0v) is 22.1. The van der Waals surface area contributed by atoms with Crippen LogP contribution in [0, 0.1) is 11.8 Å². The largest absolute Gasteiger partial charge is 0.459 e. The van der Waals surface area contributed by atoms with E-state index >= 15 is 0 Å². The van der Waals surface area contributed by atoms with Crippen molar-refractivity contribution < 1.29 is 19.1 Å². The maximum absolute atomic E-state index is 13.5. The molecule has 3 aliphatic carbocycles. The van der Waals surface area contributed by atoms with Crippen molar-refractivity contribution in [3.05, 3.63) is 58.1 Å². The summed E-state index contributed by atoms with van der Waals surface area (Å²) in [5.41, 5.74) is 7.84. The summed E-state index contributed by atoms with van der Waals surface area (Å²) in [6, 6.07) is 8.46. The minimum absolute atomic E-state index is 0.0408. The molecule has 3 aliphatic rings. The molecular weight excluding hydrogens is 494 g/mol. The molecule has 0 aromatic heterocycles. The predicted octanol–water partition coefficient (Wildman–Crippen LogP) is 6.67. The van der Waals surface area contributed by atoms with Crippen LogP contribution in [0.2, 0.25) is 0 Å². The molecule has 36 heavy (non-hydrogen) atoms. The molecular formula is C29H32ClNO4S. The van der Waals surface area contributed by atoms with E-state index in [0.717, 1.165) is 57.1 Å². The van der Waals surface area contributed by atoms with Crippen LogP contribution in [0.1, 0.15) is 100 Å². The number of carbonyl (C=O) groups is 3. The van der Waals surface area contributed by atoms with Crippen molar-refractivity contribution in [1.29, 1.82) is 0 Å². The molecule has 0 bridgehead atoms. The molecule has 2 aromatic carbocycles. The van der Waals surface area contributed by atoms with Gasteiger partial charge in [-0.1, -0.05) is 37.6 Å². The number of rotatable bonds is 6. The summed E-state index contributed by atoms with van der Waals surface area (Å²) in [7, 11) is 0. The number of thioether (sulfide) groups is 1. The van der Waals surface area contributed by atoms with Gasteiger partial charge in [0.25, 0.3) is 0 Å². The number of unbranched alkanes of at least 4 members (excludes halogenated alkanes) is 1. The summed E-state index contributed by atoms with van der Waals surface area (Å²) in [5.74, 6) is 0.861. The maximum atomic E-state index is 13.5. The fraction of sp³-hybridized carbons (Fsp3) is 0.483. The van der Waals surface area contributed by atoms with Gasteiger partial charge in [0.2, 0.25) is 0 Å². The van der Waals surface area contributed by atoms with Gasteiger partial charge in [0.1, 0.15) is 6.10 Å². The number of esters is 1. The second-order valence-electron chi connectivity index (χ2n) is 10.3. The van der Waals surface area contributed by atoms with Crippen LogP contribution in [0.5, 0.6) is 0 Å². The minimum Gasteiger partial charge on any atom is -0.459 e. The number of alkyl halides is 1. The number of hydrogen-bond donors (Lipinski definition) is 1. The lowest BCUT2D eigenvalue weighted by Gasteiger charge is -2.40. The van der Waals surface area contributed by atoms with Crippen LogP contribution < -0.4 is 5.73 Å². The third-order valence-electron chi connectivity index (χ3n) is 7.95. The fourth-order valence-electron chi connectivity index (χ4n) is 6.00. The first-order valence-electron chi connectivity index (χ1n) is 13.0. The second-order valence-corrected chi connectivity index (χ2v) is 12.0. The Kier molecular flexibility index (Phi) is 7.45. The lowest BCUT2D eigenvalue weighted by Crippen LogP contribution is -2.35. The van der Waals surface area contributed by atoms with E-state index in [2.05, 4.69) is 6.92 Å². The van der Waals surface area contributed by atoms with Crippen LogP contribution in [0.3, 0.4) is 0 Å². The number of ether oxygens (including phenoxy) is 1. The van der Waals surface area contributed by atoms with Gasteiger partial charge >= 0.3 is 5.97 Å². The molecule has 5 rings (SSSR count). The Morgan fingerprint density at radius 2 is 1.69 bits per heavy atom. The smallest absolute Gasteiger partial charge is 0.340 e. The van der Waals surface area contributed by atoms with E-state index in [1.165, 1.54) is 11.8 Å². The summed E-state index contributed by atoms with van der Waals surface area (Å²) >= 11 is 7.87. The van der Waals surface area contributed by atoms with Crippen LogP contribution in [-0.4, -0.2) is 34.8 Å². The van der Waals surface area contributed by atoms with E-state index in [1.807, 2.05) is 0 Å². The van der Waals surface area contributed by atoms with Crippen molar-refractivity contribution in [2.24, 2.45) is 11.8 Å². The molecule has 7 heteroatoms. The van der Waals surface area contributed by atoms with Gasteiger partial charge in [-0.2, -0.15) is 0 Å². The van der Waals surface area contributed by atoms with Crippen LogP contribution in [-0.2, 0) is 4.74 Å². The Hall–Kier alpha value is -2.31. The van der Waals surface area contributed by atoms with Gasteiger partial charge in [-0.25, -0.2) is 4.79 Å². The number of anilines is 1. The molecule has 2 fully saturated rings. The van der Waals surface area contributed by atoms with Crippen molar-refractivity contribution >= 4 is 46.6 Å². The van der Waals surface area contributed by atoms with Crippen molar-refractivity contribution in [2.45, 2.75) is 74.7 Å². The Morgan fingerprint density at radius 1 is 1.03 bits per heavy atom. The van der Waals surface area contributed by atoms with Gasteiger partial charge in [0, 0.05) is 27.0 Å². The molecule has 0 saturated heterocycles. The first kappa shape index (κ1) is 25.3. The Morgan fingerprint density at radius 3 is 2.42 bits per heavy atom. The summed E-state index contributed by atoms with van der Waals surface area (Å²) in [4.78, 5) is 41.0. The van der Waals surface area contributed by atoms with Crippen molar-refractivity contribution in [3.8, 4) is 0 Å². The number of carbonyl (C=O) groups excluding carboxylic acids is 3. The molecule has 5 nitrogen and oxygen atoms in total. The maximum Gasteiger partial charge on any atom is 0.340 e. The lowest BCUT2D eigenvalue weighted by atomic mass is 9.70. The molecule has 0 spiro atoms. The summed E-state index contributed by atoms with van der Waals surface area (Å²) in [5, 5.41) is 0.259. The molecule has 0 radical (unpaired) electrons. The van der Waals surface area contributed by atoms with Gasteiger partial charge in [-0.15, -0.1) is 23.4 Å². The van der Waals surface area contributed by atoms with E-state index < -0.39 is 5.97 Å². The third kappa shape index (κ3) is 4.70. The van der Waals surface area contributed by atoms with E-state index in [-0.39, 0.29) is 39.9 Å². The molecule has 4 atom stereocenters. The van der Waals surface area contributed by atoms with Gasteiger partial charge in [0.05, 0.1) is 16.8 Å². The van der Waals surface area contributed by atoms with Crippen molar-refractivity contribution in [2.75, 3.05) is 11.5 Å². The van der Waals surface area contributed by atoms with Gasteiger partial charge in [-0.3, -0.25) is 9.59 Å². The number of hydrogen-bond acceptors (Lipinski definition) is 6. The number of nitrogens with two attached hydrogens (primary N) is 1. The van der Waals surface area contributed by atoms with Crippen molar-refractivity contribution in [3.63, 3.8) is 0 Å². The molecule has 2 N–H and O–H groups in total. The zero-order chi connectivity index (χ0) is 25.4. The van der Waals surface area contributed by atoms with Crippen LogP contribution in [0.25, 0.3) is 0 Å². The van der Waals surface area contributed by atoms with Crippen molar-refractivity contribution in [1.82, 2.24) is 0 Å². The fourth-order valence-corrected chi connectivity index (χ4v) is 7.55. The van der Waals surface area contributed by atoms with E-state index in [9.17, 15) is 14.4 Å². The van der Waals surface area contributed by atoms with Crippen LogP contribution in [0.4, 0.5) is 5.69 Å². The zero-order valence-electron chi connectivity index (χ0n) is 20.6. The minimum atomic E-state index is -0.513. The Bertz CT molecular complexity index is 1210. The average Bonchev–Trinajstić information content (AvgIpc) is 2.88. The lowest BCUT2D eigenvalue weighted by molar-refractivity contribution is -0.000579. The first-order valence-corrected chi connectivity index (χ1v) is 14.4. The van der Waals surface area contributed by atoms with Crippen LogP contribution in [0.15, 0.2) is 35.2 Å². The normalized spacial score (nSPS) is 25.1. The topological polar surface area (TPSA) is 86.5 Å². The number of halogens is 1. The molecule has 0 heterocycles. The summed E-state index contributed by atoms with van der Waals surface area (Å²) in [6.07, 6.45) is 7.57.